The summed E-state index contributed by atoms with van der Waals surface area (Å²) in [5.41, 5.74) is 0.255. The Kier molecular flexibility index (Phi) is 7.55. The summed E-state index contributed by atoms with van der Waals surface area (Å²) in [6, 6.07) is 4.07. The molecular weight excluding hydrogens is 483 g/mol. The fourth-order valence-corrected chi connectivity index (χ4v) is 4.68. The van der Waals surface area contributed by atoms with E-state index in [1.807, 2.05) is 12.1 Å². The number of aliphatic imine (C=N–C) groups is 1. The smallest absolute Gasteiger partial charge is 0.216 e. The minimum Gasteiger partial charge on any atom is -0.461 e. The summed E-state index contributed by atoms with van der Waals surface area (Å²) in [7, 11) is 1.80. The molecule has 0 bridgehead atoms. The zero-order valence-electron chi connectivity index (χ0n) is 17.1. The third-order valence-corrected chi connectivity index (χ3v) is 6.17. The van der Waals surface area contributed by atoms with Crippen LogP contribution in [0.25, 0.3) is 11.6 Å². The summed E-state index contributed by atoms with van der Waals surface area (Å²) in [5, 5.41) is 14.1. The first-order valence-corrected chi connectivity index (χ1v) is 10.3. The highest BCUT2D eigenvalue weighted by Crippen LogP contribution is 2.53. The number of aromatic nitrogens is 3. The van der Waals surface area contributed by atoms with Crippen LogP contribution in [0.5, 0.6) is 0 Å². The number of rotatable bonds is 6. The van der Waals surface area contributed by atoms with E-state index in [4.69, 9.17) is 9.15 Å². The van der Waals surface area contributed by atoms with Crippen LogP contribution in [0.2, 0.25) is 0 Å². The standard InChI is InChI=1S/C20H30N6O2.HI/c1-3-27-16-12-15(20(16)9-5-4-6-10-20)23-19(21-2)22-13-17-24-18(26-25-17)14-8-7-11-28-14;/h7-8,11,15-16H,3-6,9-10,12-13H2,1-2H3,(H2,21,22,23)(H,24,25,26);1H. The number of H-pyrrole nitrogens is 1. The van der Waals surface area contributed by atoms with Crippen LogP contribution < -0.4 is 10.6 Å². The molecule has 2 aliphatic rings. The van der Waals surface area contributed by atoms with Crippen molar-refractivity contribution in [1.82, 2.24) is 25.8 Å². The van der Waals surface area contributed by atoms with Crippen molar-refractivity contribution in [2.45, 2.75) is 64.1 Å². The van der Waals surface area contributed by atoms with E-state index in [2.05, 4.69) is 37.7 Å². The number of furan rings is 1. The van der Waals surface area contributed by atoms with Crippen LogP contribution in [0.4, 0.5) is 0 Å². The van der Waals surface area contributed by atoms with Gasteiger partial charge in [0.05, 0.1) is 18.9 Å². The second kappa shape index (κ2) is 9.92. The summed E-state index contributed by atoms with van der Waals surface area (Å²) in [5.74, 6) is 2.74. The highest BCUT2D eigenvalue weighted by atomic mass is 127. The maximum Gasteiger partial charge on any atom is 0.216 e. The van der Waals surface area contributed by atoms with Gasteiger partial charge in [0.15, 0.2) is 11.7 Å². The molecule has 2 heterocycles. The molecular formula is C20H31IN6O2. The zero-order chi connectivity index (χ0) is 19.4. The van der Waals surface area contributed by atoms with Crippen molar-refractivity contribution in [1.29, 1.82) is 0 Å². The summed E-state index contributed by atoms with van der Waals surface area (Å²) >= 11 is 0. The normalized spacial score (nSPS) is 23.3. The Bertz CT molecular complexity index is 785. The molecule has 2 aliphatic carbocycles. The zero-order valence-corrected chi connectivity index (χ0v) is 19.4. The summed E-state index contributed by atoms with van der Waals surface area (Å²) in [4.78, 5) is 8.87. The van der Waals surface area contributed by atoms with Gasteiger partial charge in [0.1, 0.15) is 5.82 Å². The maximum atomic E-state index is 6.05. The van der Waals surface area contributed by atoms with Crippen LogP contribution in [0, 0.1) is 5.41 Å². The van der Waals surface area contributed by atoms with Crippen LogP contribution in [-0.4, -0.2) is 46.9 Å². The SMILES string of the molecule is CCOC1CC(NC(=NC)NCc2nc(-c3ccco3)n[nH]2)C12CCCCC2.I. The van der Waals surface area contributed by atoms with E-state index in [9.17, 15) is 0 Å². The number of ether oxygens (including phenoxy) is 1. The lowest BCUT2D eigenvalue weighted by molar-refractivity contribution is -0.145. The number of nitrogens with zero attached hydrogens (tertiary/aromatic N) is 3. The fraction of sp³-hybridized carbons (Fsp3) is 0.650. The van der Waals surface area contributed by atoms with Crippen LogP contribution >= 0.6 is 24.0 Å². The molecule has 2 saturated carbocycles. The molecule has 2 atom stereocenters. The Labute approximate surface area is 188 Å². The van der Waals surface area contributed by atoms with E-state index in [-0.39, 0.29) is 29.4 Å². The number of hydrogen-bond donors (Lipinski definition) is 3. The van der Waals surface area contributed by atoms with Gasteiger partial charge in [-0.05, 0) is 38.3 Å². The molecule has 9 heteroatoms. The second-order valence-corrected chi connectivity index (χ2v) is 7.68. The molecule has 29 heavy (non-hydrogen) atoms. The van der Waals surface area contributed by atoms with Crippen LogP contribution in [0.3, 0.4) is 0 Å². The number of halogens is 1. The van der Waals surface area contributed by atoms with Gasteiger partial charge in [-0.1, -0.05) is 19.3 Å². The highest BCUT2D eigenvalue weighted by Gasteiger charge is 2.55. The van der Waals surface area contributed by atoms with Gasteiger partial charge in [-0.25, -0.2) is 4.98 Å². The Morgan fingerprint density at radius 3 is 2.90 bits per heavy atom. The number of aromatic amines is 1. The Balaban J connectivity index is 0.00000240. The highest BCUT2D eigenvalue weighted by molar-refractivity contribution is 14.0. The molecule has 8 nitrogen and oxygen atoms in total. The van der Waals surface area contributed by atoms with Crippen molar-refractivity contribution in [2.24, 2.45) is 10.4 Å². The van der Waals surface area contributed by atoms with Crippen molar-refractivity contribution in [3.05, 3.63) is 24.2 Å². The van der Waals surface area contributed by atoms with E-state index in [1.165, 1.54) is 32.1 Å². The first-order valence-electron chi connectivity index (χ1n) is 10.3. The van der Waals surface area contributed by atoms with Crippen LogP contribution in [-0.2, 0) is 11.3 Å². The molecule has 2 fully saturated rings. The Morgan fingerprint density at radius 1 is 1.38 bits per heavy atom. The second-order valence-electron chi connectivity index (χ2n) is 7.68. The molecule has 0 aromatic carbocycles. The largest absolute Gasteiger partial charge is 0.461 e. The molecule has 0 saturated heterocycles. The molecule has 2 aromatic rings. The Morgan fingerprint density at radius 2 is 2.21 bits per heavy atom. The van der Waals surface area contributed by atoms with E-state index in [0.717, 1.165) is 24.8 Å². The van der Waals surface area contributed by atoms with Gasteiger partial charge in [0.2, 0.25) is 5.82 Å². The monoisotopic (exact) mass is 514 g/mol. The predicted octanol–water partition coefficient (Wildman–Crippen LogP) is 3.48. The van der Waals surface area contributed by atoms with Gasteiger partial charge < -0.3 is 19.8 Å². The molecule has 4 rings (SSSR count). The third-order valence-electron chi connectivity index (χ3n) is 6.17. The first kappa shape index (κ1) is 22.1. The van der Waals surface area contributed by atoms with Gasteiger partial charge in [0, 0.05) is 25.1 Å². The van der Waals surface area contributed by atoms with Crippen molar-refractivity contribution in [3.63, 3.8) is 0 Å². The lowest BCUT2D eigenvalue weighted by atomic mass is 9.55. The van der Waals surface area contributed by atoms with Gasteiger partial charge in [-0.2, -0.15) is 0 Å². The quantitative estimate of drug-likeness (QED) is 0.310. The molecule has 0 amide bonds. The molecule has 160 valence electrons. The molecule has 0 aliphatic heterocycles. The van der Waals surface area contributed by atoms with E-state index in [1.54, 1.807) is 13.3 Å². The van der Waals surface area contributed by atoms with E-state index < -0.39 is 0 Å². The molecule has 3 N–H and O–H groups in total. The molecule has 0 radical (unpaired) electrons. The lowest BCUT2D eigenvalue weighted by Gasteiger charge is -2.57. The van der Waals surface area contributed by atoms with E-state index in [0.29, 0.717) is 30.3 Å². The summed E-state index contributed by atoms with van der Waals surface area (Å²) in [6.07, 6.45) is 9.43. The van der Waals surface area contributed by atoms with E-state index >= 15 is 0 Å². The molecule has 2 unspecified atom stereocenters. The third kappa shape index (κ3) is 4.60. The number of nitrogens with one attached hydrogen (secondary N) is 3. The topological polar surface area (TPSA) is 100 Å². The van der Waals surface area contributed by atoms with Crippen LogP contribution in [0.1, 0.15) is 51.3 Å². The fourth-order valence-electron chi connectivity index (χ4n) is 4.68. The van der Waals surface area contributed by atoms with Crippen molar-refractivity contribution < 1.29 is 9.15 Å². The predicted molar refractivity (Wildman–Crippen MR) is 122 cm³/mol. The van der Waals surface area contributed by atoms with Crippen molar-refractivity contribution >= 4 is 29.9 Å². The minimum absolute atomic E-state index is 0. The summed E-state index contributed by atoms with van der Waals surface area (Å²) in [6.45, 7) is 3.39. The average Bonchev–Trinajstić information content (AvgIpc) is 3.42. The molecule has 2 aromatic heterocycles. The van der Waals surface area contributed by atoms with Gasteiger partial charge in [-0.3, -0.25) is 10.1 Å². The number of hydrogen-bond acceptors (Lipinski definition) is 5. The van der Waals surface area contributed by atoms with Crippen LogP contribution in [0.15, 0.2) is 27.8 Å². The minimum atomic E-state index is 0. The van der Waals surface area contributed by atoms with Crippen molar-refractivity contribution in [3.8, 4) is 11.6 Å². The average molecular weight is 514 g/mol. The number of guanidine groups is 1. The maximum absolute atomic E-state index is 6.05. The first-order chi connectivity index (χ1) is 13.7. The lowest BCUT2D eigenvalue weighted by Crippen LogP contribution is -2.66. The van der Waals surface area contributed by atoms with Crippen molar-refractivity contribution in [2.75, 3.05) is 13.7 Å². The van der Waals surface area contributed by atoms with Gasteiger partial charge >= 0.3 is 0 Å². The molecule has 1 spiro atoms. The van der Waals surface area contributed by atoms with Gasteiger partial charge in [-0.15, -0.1) is 29.1 Å². The summed E-state index contributed by atoms with van der Waals surface area (Å²) < 4.78 is 11.4. The Hall–Kier alpha value is -1.62. The van der Waals surface area contributed by atoms with Gasteiger partial charge in [0.25, 0.3) is 0 Å².